The van der Waals surface area contributed by atoms with Gasteiger partial charge < -0.3 is 0 Å². The molecule has 0 spiro atoms. The van der Waals surface area contributed by atoms with Crippen molar-refractivity contribution in [2.45, 2.75) is 24.2 Å². The summed E-state index contributed by atoms with van der Waals surface area (Å²) in [6, 6.07) is 0. The van der Waals surface area contributed by atoms with Gasteiger partial charge in [-0.25, -0.2) is 0 Å². The minimum absolute atomic E-state index is 0.402. The van der Waals surface area contributed by atoms with Gasteiger partial charge in [-0.15, -0.1) is 0 Å². The van der Waals surface area contributed by atoms with Gasteiger partial charge in [0.15, 0.2) is 0 Å². The van der Waals surface area contributed by atoms with Crippen molar-refractivity contribution < 1.29 is 0 Å². The first kappa shape index (κ1) is 7.39. The molecule has 6 heavy (non-hydrogen) atoms. The Bertz CT molecular complexity index is 26.7. The van der Waals surface area contributed by atoms with Crippen LogP contribution in [0.2, 0.25) is 3.97 Å². The second-order valence-electron chi connectivity index (χ2n) is 1.45. The Morgan fingerprint density at radius 2 is 2.33 bits per heavy atom. The zero-order chi connectivity index (χ0) is 4.99. The van der Waals surface area contributed by atoms with Crippen molar-refractivity contribution in [1.29, 1.82) is 0 Å². The zero-order valence-electron chi connectivity index (χ0n) is 4.69. The quantitative estimate of drug-likeness (QED) is 0.572. The van der Waals surface area contributed by atoms with Crippen LogP contribution in [0.5, 0.6) is 0 Å². The predicted octanol–water partition coefficient (Wildman–Crippen LogP) is 0.992. The Morgan fingerprint density at radius 3 is 2.33 bits per heavy atom. The molecule has 0 rings (SSSR count). The van der Waals surface area contributed by atoms with Crippen molar-refractivity contribution in [3.05, 3.63) is 0 Å². The number of hydrogen-bond donors (Lipinski definition) is 0. The predicted molar refractivity (Wildman–Crippen MR) is 31.2 cm³/mol. The topological polar surface area (TPSA) is 0 Å². The van der Waals surface area contributed by atoms with Gasteiger partial charge in [0.2, 0.25) is 0 Å². The molecule has 0 aliphatic rings. The molecule has 0 saturated carbocycles. The fourth-order valence-corrected chi connectivity index (χ4v) is 1.12. The summed E-state index contributed by atoms with van der Waals surface area (Å²) in [5, 5.41) is 0. The van der Waals surface area contributed by atoms with Crippen LogP contribution in [0.4, 0.5) is 0 Å². The molecule has 0 radical (unpaired) electrons. The van der Waals surface area contributed by atoms with E-state index in [0.29, 0.717) is 18.3 Å². The van der Waals surface area contributed by atoms with Gasteiger partial charge in [0.25, 0.3) is 0 Å². The summed E-state index contributed by atoms with van der Waals surface area (Å²) in [6.45, 7) is 4.60. The van der Waals surface area contributed by atoms with E-state index in [2.05, 4.69) is 28.2 Å². The van der Waals surface area contributed by atoms with Crippen LogP contribution < -0.4 is 0 Å². The average Bonchev–Trinajstić information content (AvgIpc) is 1.65. The van der Waals surface area contributed by atoms with Crippen LogP contribution in [0.1, 0.15) is 20.3 Å². The van der Waals surface area contributed by atoms with E-state index in [9.17, 15) is 0 Å². The number of rotatable bonds is 2. The van der Waals surface area contributed by atoms with E-state index < -0.39 is 0 Å². The van der Waals surface area contributed by atoms with E-state index in [1.165, 1.54) is 6.42 Å². The summed E-state index contributed by atoms with van der Waals surface area (Å²) < 4.78 is 1.07. The van der Waals surface area contributed by atoms with E-state index in [0.717, 1.165) is 3.97 Å². The van der Waals surface area contributed by atoms with Gasteiger partial charge in [-0.05, 0) is 0 Å². The molecule has 0 fully saturated rings. The molecule has 0 nitrogen and oxygen atoms in total. The van der Waals surface area contributed by atoms with E-state index in [4.69, 9.17) is 0 Å². The standard InChI is InChI=1S/C4H10Te.Li/c1-3-4(2)5;/h4-5H,3H2,1-2H3;/q;+1/p-1. The van der Waals surface area contributed by atoms with Crippen LogP contribution in [-0.4, -0.2) is 32.6 Å². The molecule has 0 heterocycles. The summed E-state index contributed by atoms with van der Waals surface area (Å²) in [7, 11) is 0. The van der Waals surface area contributed by atoms with Crippen molar-refractivity contribution in [3.8, 4) is 0 Å². The molecule has 0 saturated heterocycles. The summed E-state index contributed by atoms with van der Waals surface area (Å²) in [5.41, 5.74) is 0. The molecule has 32 valence electrons. The summed E-state index contributed by atoms with van der Waals surface area (Å²) in [4.78, 5) is 0. The Kier molecular flexibility index (Phi) is 5.59. The van der Waals surface area contributed by atoms with Crippen molar-refractivity contribution in [2.24, 2.45) is 0 Å². The Hall–Kier alpha value is 1.39. The first-order valence-corrected chi connectivity index (χ1v) is 6.01. The molecule has 0 amide bonds. The van der Waals surface area contributed by atoms with Crippen LogP contribution >= 0.6 is 0 Å². The molecule has 0 aliphatic heterocycles. The maximum atomic E-state index is 2.36. The first-order valence-electron chi connectivity index (χ1n) is 2.34. The van der Waals surface area contributed by atoms with Crippen molar-refractivity contribution >= 4 is 32.6 Å². The monoisotopic (exact) mass is 194 g/mol. The molecule has 1 unspecified atom stereocenters. The SMILES string of the molecule is [Li][Te]C(C)CC. The van der Waals surface area contributed by atoms with Crippen LogP contribution in [0.15, 0.2) is 0 Å². The fraction of sp³-hybridized carbons (Fsp3) is 1.00. The second kappa shape index (κ2) is 4.54. The molecule has 0 N–H and O–H groups in total. The van der Waals surface area contributed by atoms with Crippen LogP contribution in [0.25, 0.3) is 0 Å². The van der Waals surface area contributed by atoms with E-state index in [-0.39, 0.29) is 0 Å². The van der Waals surface area contributed by atoms with E-state index in [1.54, 1.807) is 0 Å². The summed E-state index contributed by atoms with van der Waals surface area (Å²) in [5.74, 6) is 0. The Morgan fingerprint density at radius 1 is 1.83 bits per heavy atom. The molecule has 0 aromatic heterocycles. The minimum atomic E-state index is 0.402. The Labute approximate surface area is 56.6 Å². The number of hydrogen-bond acceptors (Lipinski definition) is 0. The molecule has 1 atom stereocenters. The summed E-state index contributed by atoms with van der Waals surface area (Å²) >= 11 is 2.76. The van der Waals surface area contributed by atoms with Crippen LogP contribution in [-0.2, 0) is 0 Å². The van der Waals surface area contributed by atoms with Crippen molar-refractivity contribution in [1.82, 2.24) is 0 Å². The van der Waals surface area contributed by atoms with Gasteiger partial charge in [0.05, 0.1) is 0 Å². The van der Waals surface area contributed by atoms with Gasteiger partial charge in [0.1, 0.15) is 0 Å². The van der Waals surface area contributed by atoms with Crippen LogP contribution in [0.3, 0.4) is 0 Å². The van der Waals surface area contributed by atoms with Crippen LogP contribution in [0, 0.1) is 0 Å². The van der Waals surface area contributed by atoms with E-state index >= 15 is 0 Å². The van der Waals surface area contributed by atoms with Gasteiger partial charge >= 0.3 is 56.8 Å². The van der Waals surface area contributed by atoms with Crippen molar-refractivity contribution in [3.63, 3.8) is 0 Å². The molecule has 0 bridgehead atoms. The zero-order valence-corrected chi connectivity index (χ0v) is 7.02. The normalized spacial score (nSPS) is 14.7. The molecule has 0 aromatic carbocycles. The molecule has 0 aromatic rings. The average molecular weight is 192 g/mol. The Balaban J connectivity index is 2.75. The third-order valence-corrected chi connectivity index (χ3v) is 4.23. The molecular weight excluding hydrogens is 183 g/mol. The third-order valence-electron chi connectivity index (χ3n) is 0.977. The van der Waals surface area contributed by atoms with Gasteiger partial charge in [-0.3, -0.25) is 0 Å². The third kappa shape index (κ3) is 3.57. The maximum absolute atomic E-state index is 2.36. The van der Waals surface area contributed by atoms with E-state index in [1.807, 2.05) is 0 Å². The van der Waals surface area contributed by atoms with Gasteiger partial charge in [-0.1, -0.05) is 0 Å². The van der Waals surface area contributed by atoms with Crippen molar-refractivity contribution in [2.75, 3.05) is 0 Å². The molecular formula is C4H9LiTe. The molecule has 0 aliphatic carbocycles. The van der Waals surface area contributed by atoms with Gasteiger partial charge in [-0.2, -0.15) is 0 Å². The fourth-order valence-electron chi connectivity index (χ4n) is 0.167. The summed E-state index contributed by atoms with van der Waals surface area (Å²) in [6.07, 6.45) is 1.39. The second-order valence-corrected chi connectivity index (χ2v) is 5.10. The first-order chi connectivity index (χ1) is 2.81. The molecule has 2 heteroatoms. The van der Waals surface area contributed by atoms with Gasteiger partial charge in [0, 0.05) is 0 Å².